The molecule has 0 aromatic rings. The van der Waals surface area contributed by atoms with Crippen LogP contribution in [0.5, 0.6) is 0 Å². The Bertz CT molecular complexity index is 836. The first-order valence-corrected chi connectivity index (χ1v) is 11.3. The van der Waals surface area contributed by atoms with Crippen LogP contribution in [0.3, 0.4) is 0 Å². The van der Waals surface area contributed by atoms with E-state index in [0.29, 0.717) is 17.9 Å². The summed E-state index contributed by atoms with van der Waals surface area (Å²) in [7, 11) is 0. The Morgan fingerprint density at radius 2 is 2.00 bits per heavy atom. The molecule has 33 heavy (non-hydrogen) atoms. The van der Waals surface area contributed by atoms with Crippen LogP contribution >= 0.6 is 11.8 Å². The molecule has 0 aromatic heterocycles. The minimum absolute atomic E-state index is 0. The molecule has 0 radical (unpaired) electrons. The molecule has 178 valence electrons. The molecule has 3 aliphatic rings. The van der Waals surface area contributed by atoms with E-state index in [1.165, 1.54) is 37.4 Å². The van der Waals surface area contributed by atoms with Gasteiger partial charge in [-0.05, 0) is 13.3 Å². The first-order valence-electron chi connectivity index (χ1n) is 10.4. The molecule has 0 spiro atoms. The first-order chi connectivity index (χ1) is 15.0. The van der Waals surface area contributed by atoms with E-state index in [1.54, 1.807) is 0 Å². The number of nitrogens with zero attached hydrogens (tertiary/aromatic N) is 1. The number of esters is 1. The van der Waals surface area contributed by atoms with Gasteiger partial charge >= 0.3 is 41.6 Å². The summed E-state index contributed by atoms with van der Waals surface area (Å²) in [6.07, 6.45) is -2.51. The molecule has 0 aliphatic carbocycles. The van der Waals surface area contributed by atoms with Crippen molar-refractivity contribution in [1.82, 2.24) is 10.2 Å². The third-order valence-corrected chi connectivity index (χ3v) is 7.44. The standard InChI is InChI=1S/C20H28N2O9S.Na/c1-8-15-14(9(2)23)18(25)22(15)16(19(26)27)17(8)32-13-5-6-29-12(13)7-21-20(28)31-11(4)30-10(3)24;/h8-9,11-15,23H,5-7H2,1-4H3,(H,21,28)(H,26,27);/q;+1/p-1/t8-,9-,11?,12-,13-,14-,15?;/m1./s1. The summed E-state index contributed by atoms with van der Waals surface area (Å²) in [6.45, 7) is 6.48. The Balaban J connectivity index is 0.00000385. The van der Waals surface area contributed by atoms with Crippen LogP contribution in [0.25, 0.3) is 0 Å². The topological polar surface area (TPSA) is 155 Å². The fraction of sp³-hybridized carbons (Fsp3) is 0.700. The Hall–Kier alpha value is -1.31. The largest absolute Gasteiger partial charge is 1.00 e. The van der Waals surface area contributed by atoms with E-state index in [2.05, 4.69) is 5.32 Å². The van der Waals surface area contributed by atoms with Gasteiger partial charge in [-0.15, -0.1) is 11.8 Å². The van der Waals surface area contributed by atoms with Crippen molar-refractivity contribution in [3.63, 3.8) is 0 Å². The van der Waals surface area contributed by atoms with Crippen molar-refractivity contribution in [3.8, 4) is 0 Å². The molecule has 2 amide bonds. The molecule has 0 saturated carbocycles. The van der Waals surface area contributed by atoms with Crippen LogP contribution in [-0.4, -0.2) is 76.9 Å². The number of fused-ring (bicyclic) bond motifs is 1. The SMILES string of the molecule is CC(=O)OC(C)OC(=O)NC[C@H]1OCC[C@H]1SC1=C(C(=O)[O-])N2C(=O)[C@H]([C@@H](C)O)C2[C@H]1C.[Na+]. The number of hydrogen-bond donors (Lipinski definition) is 2. The van der Waals surface area contributed by atoms with Crippen LogP contribution in [0, 0.1) is 11.8 Å². The number of carbonyl (C=O) groups is 4. The number of hydrogen-bond acceptors (Lipinski definition) is 10. The Morgan fingerprint density at radius 3 is 2.58 bits per heavy atom. The van der Waals surface area contributed by atoms with Crippen LogP contribution in [0.15, 0.2) is 10.6 Å². The van der Waals surface area contributed by atoms with Crippen LogP contribution in [0.1, 0.15) is 34.1 Å². The minimum Gasteiger partial charge on any atom is -0.543 e. The molecule has 11 nitrogen and oxygen atoms in total. The number of carbonyl (C=O) groups excluding carboxylic acids is 4. The van der Waals surface area contributed by atoms with E-state index in [1.807, 2.05) is 6.92 Å². The molecule has 3 aliphatic heterocycles. The number of aliphatic hydroxyl groups excluding tert-OH is 1. The predicted molar refractivity (Wildman–Crippen MR) is 108 cm³/mol. The van der Waals surface area contributed by atoms with Gasteiger partial charge < -0.3 is 39.4 Å². The van der Waals surface area contributed by atoms with Crippen molar-refractivity contribution in [2.45, 2.75) is 63.9 Å². The van der Waals surface area contributed by atoms with Gasteiger partial charge in [0.1, 0.15) is 0 Å². The van der Waals surface area contributed by atoms with Crippen LogP contribution in [0.2, 0.25) is 0 Å². The number of thioether (sulfide) groups is 1. The van der Waals surface area contributed by atoms with Crippen LogP contribution in [-0.2, 0) is 28.6 Å². The van der Waals surface area contributed by atoms with Crippen molar-refractivity contribution < 1.29 is 73.2 Å². The fourth-order valence-electron chi connectivity index (χ4n) is 4.42. The minimum atomic E-state index is -1.43. The van der Waals surface area contributed by atoms with Crippen molar-refractivity contribution in [3.05, 3.63) is 10.6 Å². The van der Waals surface area contributed by atoms with Gasteiger partial charge in [-0.1, -0.05) is 6.92 Å². The second-order valence-corrected chi connectivity index (χ2v) is 9.35. The molecule has 2 fully saturated rings. The molecular weight excluding hydrogens is 467 g/mol. The molecule has 13 heteroatoms. The quantitative estimate of drug-likeness (QED) is 0.149. The summed E-state index contributed by atoms with van der Waals surface area (Å²) in [6, 6.07) is -0.422. The molecule has 0 bridgehead atoms. The van der Waals surface area contributed by atoms with Crippen molar-refractivity contribution in [2.75, 3.05) is 13.2 Å². The molecule has 2 saturated heterocycles. The van der Waals surface area contributed by atoms with E-state index in [0.717, 1.165) is 0 Å². The number of β-lactam (4-membered cyclic amide) rings is 1. The van der Waals surface area contributed by atoms with E-state index >= 15 is 0 Å². The van der Waals surface area contributed by atoms with Gasteiger partial charge in [0, 0.05) is 43.1 Å². The second kappa shape index (κ2) is 11.4. The van der Waals surface area contributed by atoms with Gasteiger partial charge in [-0.25, -0.2) is 4.79 Å². The van der Waals surface area contributed by atoms with Gasteiger partial charge in [0.2, 0.25) is 12.2 Å². The molecule has 0 aromatic carbocycles. The number of rotatable bonds is 8. The Kier molecular flexibility index (Phi) is 9.66. The molecular formula is C20H27N2NaO9S. The summed E-state index contributed by atoms with van der Waals surface area (Å²) in [5.74, 6) is -3.37. The maximum atomic E-state index is 12.4. The number of amides is 2. The van der Waals surface area contributed by atoms with E-state index < -0.39 is 54.4 Å². The fourth-order valence-corrected chi connectivity index (χ4v) is 5.93. The second-order valence-electron chi connectivity index (χ2n) is 8.07. The van der Waals surface area contributed by atoms with Gasteiger partial charge in [0.15, 0.2) is 0 Å². The van der Waals surface area contributed by atoms with E-state index in [-0.39, 0.29) is 53.0 Å². The number of carboxylic acid groups (broad SMARTS) is 1. The van der Waals surface area contributed by atoms with Gasteiger partial charge in [0.25, 0.3) is 0 Å². The average Bonchev–Trinajstić information content (AvgIpc) is 3.20. The van der Waals surface area contributed by atoms with E-state index in [9.17, 15) is 29.4 Å². The zero-order chi connectivity index (χ0) is 23.7. The predicted octanol–water partition coefficient (Wildman–Crippen LogP) is -3.66. The summed E-state index contributed by atoms with van der Waals surface area (Å²) in [5, 5.41) is 24.2. The van der Waals surface area contributed by atoms with Gasteiger partial charge in [-0.3, -0.25) is 9.59 Å². The van der Waals surface area contributed by atoms with Crippen LogP contribution < -0.4 is 40.0 Å². The number of carboxylic acids is 1. The Labute approximate surface area is 217 Å². The molecule has 2 N–H and O–H groups in total. The maximum absolute atomic E-state index is 12.4. The van der Waals surface area contributed by atoms with Crippen molar-refractivity contribution >= 4 is 35.7 Å². The monoisotopic (exact) mass is 494 g/mol. The third kappa shape index (κ3) is 5.85. The van der Waals surface area contributed by atoms with Gasteiger partial charge in [-0.2, -0.15) is 0 Å². The zero-order valence-corrected chi connectivity index (χ0v) is 22.0. The van der Waals surface area contributed by atoms with Crippen molar-refractivity contribution in [2.24, 2.45) is 11.8 Å². The van der Waals surface area contributed by atoms with E-state index in [4.69, 9.17) is 14.2 Å². The number of aliphatic carboxylic acids is 1. The summed E-state index contributed by atoms with van der Waals surface area (Å²) < 4.78 is 15.3. The summed E-state index contributed by atoms with van der Waals surface area (Å²) in [5.41, 5.74) is -0.150. The van der Waals surface area contributed by atoms with Crippen molar-refractivity contribution in [1.29, 1.82) is 0 Å². The molecule has 7 atom stereocenters. The number of alkyl carbamates (subject to hydrolysis) is 1. The molecule has 3 heterocycles. The third-order valence-electron chi connectivity index (χ3n) is 5.78. The molecule has 2 unspecified atom stereocenters. The normalized spacial score (nSPS) is 30.0. The Morgan fingerprint density at radius 1 is 1.33 bits per heavy atom. The summed E-state index contributed by atoms with van der Waals surface area (Å²) in [4.78, 5) is 48.8. The smallest absolute Gasteiger partial charge is 0.543 e. The first kappa shape index (κ1) is 27.9. The van der Waals surface area contributed by atoms with Crippen LogP contribution in [0.4, 0.5) is 4.79 Å². The van der Waals surface area contributed by atoms with Gasteiger partial charge in [0.05, 0.1) is 35.8 Å². The average molecular weight is 494 g/mol. The maximum Gasteiger partial charge on any atom is 1.00 e. The number of ether oxygens (including phenoxy) is 3. The zero-order valence-electron chi connectivity index (χ0n) is 19.2. The number of nitrogens with one attached hydrogen (secondary N) is 1. The number of aliphatic hydroxyl groups is 1. The summed E-state index contributed by atoms with van der Waals surface area (Å²) >= 11 is 1.30. The molecule has 3 rings (SSSR count).